The van der Waals surface area contributed by atoms with E-state index in [1.807, 2.05) is 12.1 Å². The average molecular weight is 234 g/mol. The maximum Gasteiger partial charge on any atom is 0.119 e. The Bertz CT molecular complexity index is 369. The Morgan fingerprint density at radius 2 is 2.12 bits per heavy atom. The first-order valence-corrected chi connectivity index (χ1v) is 6.68. The fourth-order valence-corrected chi connectivity index (χ4v) is 2.40. The van der Waals surface area contributed by atoms with Gasteiger partial charge >= 0.3 is 0 Å². The molecule has 1 aromatic rings. The molecule has 0 saturated heterocycles. The topological polar surface area (TPSA) is 29.5 Å². The molecule has 0 bridgehead atoms. The molecule has 0 saturated carbocycles. The van der Waals surface area contributed by atoms with Gasteiger partial charge < -0.3 is 9.84 Å². The largest absolute Gasteiger partial charge is 0.493 e. The number of aliphatic hydroxyl groups excluding tert-OH is 1. The fourth-order valence-electron chi connectivity index (χ4n) is 2.40. The van der Waals surface area contributed by atoms with Crippen molar-refractivity contribution in [3.63, 3.8) is 0 Å². The number of rotatable bonds is 5. The zero-order valence-electron chi connectivity index (χ0n) is 10.8. The van der Waals surface area contributed by atoms with Gasteiger partial charge in [-0.3, -0.25) is 0 Å². The SMILES string of the molecule is CCC(CC)COc1ccc2c(c1)CC[C@@H]2O. The molecular weight excluding hydrogens is 212 g/mol. The van der Waals surface area contributed by atoms with Crippen molar-refractivity contribution in [2.24, 2.45) is 5.92 Å². The third-order valence-electron chi connectivity index (χ3n) is 3.80. The number of benzene rings is 1. The van der Waals surface area contributed by atoms with Gasteiger partial charge in [-0.25, -0.2) is 0 Å². The van der Waals surface area contributed by atoms with E-state index in [4.69, 9.17) is 4.74 Å². The maximum absolute atomic E-state index is 9.73. The standard InChI is InChI=1S/C15H22O2/c1-3-11(4-2)10-17-13-6-7-14-12(9-13)5-8-15(14)16/h6-7,9,11,15-16H,3-5,8,10H2,1-2H3/t15-/m0/s1. The Labute approximate surface area is 104 Å². The molecule has 0 radical (unpaired) electrons. The molecular formula is C15H22O2. The van der Waals surface area contributed by atoms with E-state index in [2.05, 4.69) is 19.9 Å². The summed E-state index contributed by atoms with van der Waals surface area (Å²) in [7, 11) is 0. The van der Waals surface area contributed by atoms with Crippen LogP contribution >= 0.6 is 0 Å². The lowest BCUT2D eigenvalue weighted by Gasteiger charge is -2.14. The lowest BCUT2D eigenvalue weighted by atomic mass is 10.1. The molecule has 1 aliphatic carbocycles. The van der Waals surface area contributed by atoms with Crippen LogP contribution in [0.2, 0.25) is 0 Å². The van der Waals surface area contributed by atoms with Crippen molar-refractivity contribution in [2.75, 3.05) is 6.61 Å². The van der Waals surface area contributed by atoms with Crippen LogP contribution in [0, 0.1) is 5.92 Å². The summed E-state index contributed by atoms with van der Waals surface area (Å²) in [5.74, 6) is 1.60. The smallest absolute Gasteiger partial charge is 0.119 e. The number of ether oxygens (including phenoxy) is 1. The lowest BCUT2D eigenvalue weighted by molar-refractivity contribution is 0.180. The molecule has 1 aliphatic rings. The van der Waals surface area contributed by atoms with Crippen molar-refractivity contribution in [3.05, 3.63) is 29.3 Å². The van der Waals surface area contributed by atoms with Crippen molar-refractivity contribution in [3.8, 4) is 5.75 Å². The van der Waals surface area contributed by atoms with Crippen LogP contribution in [0.15, 0.2) is 18.2 Å². The van der Waals surface area contributed by atoms with Gasteiger partial charge in [0.25, 0.3) is 0 Å². The van der Waals surface area contributed by atoms with Gasteiger partial charge in [0, 0.05) is 0 Å². The first-order chi connectivity index (χ1) is 8.24. The fraction of sp³-hybridized carbons (Fsp3) is 0.600. The second-order valence-corrected chi connectivity index (χ2v) is 4.91. The molecule has 0 spiro atoms. The van der Waals surface area contributed by atoms with Crippen molar-refractivity contribution >= 4 is 0 Å². The van der Waals surface area contributed by atoms with Gasteiger partial charge in [0.15, 0.2) is 0 Å². The van der Waals surface area contributed by atoms with E-state index >= 15 is 0 Å². The van der Waals surface area contributed by atoms with Crippen LogP contribution in [-0.2, 0) is 6.42 Å². The third-order valence-corrected chi connectivity index (χ3v) is 3.80. The summed E-state index contributed by atoms with van der Waals surface area (Å²) in [5, 5.41) is 9.73. The molecule has 0 fully saturated rings. The molecule has 1 atom stereocenters. The summed E-state index contributed by atoms with van der Waals surface area (Å²) in [4.78, 5) is 0. The number of hydrogen-bond donors (Lipinski definition) is 1. The number of fused-ring (bicyclic) bond motifs is 1. The zero-order valence-corrected chi connectivity index (χ0v) is 10.8. The highest BCUT2D eigenvalue weighted by Crippen LogP contribution is 2.33. The quantitative estimate of drug-likeness (QED) is 0.845. The second-order valence-electron chi connectivity index (χ2n) is 4.91. The summed E-state index contributed by atoms with van der Waals surface area (Å²) >= 11 is 0. The Kier molecular flexibility index (Phi) is 4.06. The van der Waals surface area contributed by atoms with Gasteiger partial charge in [0.2, 0.25) is 0 Å². The molecule has 0 amide bonds. The van der Waals surface area contributed by atoms with E-state index in [1.54, 1.807) is 0 Å². The van der Waals surface area contributed by atoms with Gasteiger partial charge in [-0.15, -0.1) is 0 Å². The molecule has 2 rings (SSSR count). The lowest BCUT2D eigenvalue weighted by Crippen LogP contribution is -2.10. The number of hydrogen-bond acceptors (Lipinski definition) is 2. The van der Waals surface area contributed by atoms with Crippen LogP contribution in [0.5, 0.6) is 5.75 Å². The van der Waals surface area contributed by atoms with Gasteiger partial charge in [-0.1, -0.05) is 32.8 Å². The van der Waals surface area contributed by atoms with Gasteiger partial charge in [-0.2, -0.15) is 0 Å². The molecule has 0 heterocycles. The minimum absolute atomic E-state index is 0.266. The van der Waals surface area contributed by atoms with Crippen molar-refractivity contribution in [1.82, 2.24) is 0 Å². The molecule has 0 unspecified atom stereocenters. The minimum atomic E-state index is -0.266. The van der Waals surface area contributed by atoms with E-state index < -0.39 is 0 Å². The predicted octanol–water partition coefficient (Wildman–Crippen LogP) is 3.48. The van der Waals surface area contributed by atoms with Crippen molar-refractivity contribution < 1.29 is 9.84 Å². The van der Waals surface area contributed by atoms with Gasteiger partial charge in [0.05, 0.1) is 12.7 Å². The maximum atomic E-state index is 9.73. The molecule has 0 aliphatic heterocycles. The van der Waals surface area contributed by atoms with Crippen LogP contribution in [0.3, 0.4) is 0 Å². The van der Waals surface area contributed by atoms with Crippen molar-refractivity contribution in [2.45, 2.75) is 45.6 Å². The van der Waals surface area contributed by atoms with Crippen LogP contribution in [0.4, 0.5) is 0 Å². The van der Waals surface area contributed by atoms with E-state index in [1.165, 1.54) is 18.4 Å². The molecule has 0 aromatic heterocycles. The highest BCUT2D eigenvalue weighted by molar-refractivity contribution is 5.39. The predicted molar refractivity (Wildman–Crippen MR) is 69.3 cm³/mol. The Hall–Kier alpha value is -1.02. The normalized spacial score (nSPS) is 18.5. The Morgan fingerprint density at radius 1 is 1.35 bits per heavy atom. The summed E-state index contributed by atoms with van der Waals surface area (Å²) in [6, 6.07) is 6.08. The van der Waals surface area contributed by atoms with E-state index in [-0.39, 0.29) is 6.10 Å². The van der Waals surface area contributed by atoms with Crippen LogP contribution in [0.25, 0.3) is 0 Å². The molecule has 2 heteroatoms. The second kappa shape index (κ2) is 5.54. The summed E-state index contributed by atoms with van der Waals surface area (Å²) < 4.78 is 5.83. The van der Waals surface area contributed by atoms with Crippen molar-refractivity contribution in [1.29, 1.82) is 0 Å². The first-order valence-electron chi connectivity index (χ1n) is 6.68. The van der Waals surface area contributed by atoms with Crippen LogP contribution in [-0.4, -0.2) is 11.7 Å². The highest BCUT2D eigenvalue weighted by atomic mass is 16.5. The summed E-state index contributed by atoms with van der Waals surface area (Å²) in [5.41, 5.74) is 2.33. The third kappa shape index (κ3) is 2.81. The van der Waals surface area contributed by atoms with E-state index in [0.717, 1.165) is 30.8 Å². The van der Waals surface area contributed by atoms with Crippen LogP contribution < -0.4 is 4.74 Å². The average Bonchev–Trinajstić information content (AvgIpc) is 2.72. The first kappa shape index (κ1) is 12.4. The molecule has 17 heavy (non-hydrogen) atoms. The Balaban J connectivity index is 1.99. The Morgan fingerprint density at radius 3 is 2.82 bits per heavy atom. The molecule has 1 N–H and O–H groups in total. The van der Waals surface area contributed by atoms with Gasteiger partial charge in [-0.05, 0) is 42.0 Å². The zero-order chi connectivity index (χ0) is 12.3. The summed E-state index contributed by atoms with van der Waals surface area (Å²) in [6.45, 7) is 5.21. The number of aryl methyl sites for hydroxylation is 1. The van der Waals surface area contributed by atoms with Gasteiger partial charge in [0.1, 0.15) is 5.75 Å². The molecule has 2 nitrogen and oxygen atoms in total. The van der Waals surface area contributed by atoms with E-state index in [0.29, 0.717) is 5.92 Å². The number of aliphatic hydroxyl groups is 1. The molecule has 94 valence electrons. The molecule has 1 aromatic carbocycles. The monoisotopic (exact) mass is 234 g/mol. The van der Waals surface area contributed by atoms with Crippen LogP contribution in [0.1, 0.15) is 50.3 Å². The minimum Gasteiger partial charge on any atom is -0.493 e. The summed E-state index contributed by atoms with van der Waals surface area (Å²) in [6.07, 6.45) is 3.89. The highest BCUT2D eigenvalue weighted by Gasteiger charge is 2.20. The van der Waals surface area contributed by atoms with E-state index in [9.17, 15) is 5.11 Å².